The zero-order valence-electron chi connectivity index (χ0n) is 23.9. The van der Waals surface area contributed by atoms with Crippen molar-refractivity contribution in [2.75, 3.05) is 31.6 Å². The zero-order valence-corrected chi connectivity index (χ0v) is 24.7. The van der Waals surface area contributed by atoms with E-state index in [1.807, 2.05) is 27.7 Å². The molecule has 1 aromatic heterocycles. The molecule has 1 fully saturated rings. The molecule has 2 aromatic rings. The summed E-state index contributed by atoms with van der Waals surface area (Å²) in [5.74, 6) is 0.357. The summed E-state index contributed by atoms with van der Waals surface area (Å²) in [7, 11) is 1.66. The first-order valence-corrected chi connectivity index (χ1v) is 13.7. The number of nitrogens with one attached hydrogen (secondary N) is 1. The van der Waals surface area contributed by atoms with Crippen LogP contribution in [0.25, 0.3) is 0 Å². The van der Waals surface area contributed by atoms with E-state index < -0.39 is 17.3 Å². The van der Waals surface area contributed by atoms with E-state index in [0.717, 1.165) is 0 Å². The van der Waals surface area contributed by atoms with Crippen LogP contribution in [0, 0.1) is 5.82 Å². The Morgan fingerprint density at radius 1 is 1.29 bits per heavy atom. The minimum absolute atomic E-state index is 0.105. The lowest BCUT2D eigenvalue weighted by molar-refractivity contribution is -0.128. The van der Waals surface area contributed by atoms with E-state index in [4.69, 9.17) is 11.6 Å². The van der Waals surface area contributed by atoms with Crippen LogP contribution in [0.2, 0.25) is 0 Å². The fraction of sp³-hybridized carbons (Fsp3) is 0.367. The predicted molar refractivity (Wildman–Crippen MR) is 159 cm³/mol. The minimum atomic E-state index is -0.764. The van der Waals surface area contributed by atoms with Crippen LogP contribution < -0.4 is 10.2 Å². The molecule has 0 saturated carbocycles. The molecule has 2 aliphatic heterocycles. The maximum atomic E-state index is 15.0. The van der Waals surface area contributed by atoms with Crippen LogP contribution in [0.4, 0.5) is 10.1 Å². The van der Waals surface area contributed by atoms with Gasteiger partial charge < -0.3 is 15.1 Å². The summed E-state index contributed by atoms with van der Waals surface area (Å²) in [5.41, 5.74) is 1.57. The Balaban J connectivity index is 1.88. The minimum Gasteiger partial charge on any atom is -0.359 e. The number of nitrogens with zero attached hydrogens (tertiary/aromatic N) is 6. The number of amides is 2. The van der Waals surface area contributed by atoms with Gasteiger partial charge in [-0.2, -0.15) is 0 Å². The Bertz CT molecular complexity index is 1430. The number of dihydropyridines is 1. The molecule has 216 valence electrons. The van der Waals surface area contributed by atoms with Crippen LogP contribution in [0.1, 0.15) is 45.0 Å². The van der Waals surface area contributed by atoms with Gasteiger partial charge in [0.05, 0.1) is 29.2 Å². The van der Waals surface area contributed by atoms with E-state index in [9.17, 15) is 14.0 Å². The summed E-state index contributed by atoms with van der Waals surface area (Å²) in [6, 6.07) is 5.48. The molecule has 11 heteroatoms. The molecule has 9 nitrogen and oxygen atoms in total. The number of carbonyl (C=O) groups excluding carboxylic acids is 2. The van der Waals surface area contributed by atoms with Gasteiger partial charge in [0.25, 0.3) is 0 Å². The number of carbonyl (C=O) groups is 2. The number of hydrogen-bond acceptors (Lipinski definition) is 6. The second kappa shape index (κ2) is 12.2. The maximum Gasteiger partial charge on any atom is 0.246 e. The quantitative estimate of drug-likeness (QED) is 0.237. The number of aliphatic imine (C=N–C) groups is 1. The van der Waals surface area contributed by atoms with Crippen molar-refractivity contribution < 1.29 is 14.0 Å². The summed E-state index contributed by atoms with van der Waals surface area (Å²) in [5, 5.41) is 3.66. The van der Waals surface area contributed by atoms with Crippen LogP contribution in [0.15, 0.2) is 76.9 Å². The van der Waals surface area contributed by atoms with E-state index in [-0.39, 0.29) is 11.9 Å². The van der Waals surface area contributed by atoms with Gasteiger partial charge in [0, 0.05) is 48.7 Å². The van der Waals surface area contributed by atoms with Gasteiger partial charge in [-0.05, 0) is 25.1 Å². The van der Waals surface area contributed by atoms with Gasteiger partial charge >= 0.3 is 0 Å². The average Bonchev–Trinajstić information content (AvgIpc) is 2.95. The van der Waals surface area contributed by atoms with E-state index in [0.29, 0.717) is 65.3 Å². The van der Waals surface area contributed by atoms with E-state index >= 15 is 0 Å². The first-order chi connectivity index (χ1) is 19.5. The van der Waals surface area contributed by atoms with Gasteiger partial charge in [0.1, 0.15) is 23.8 Å². The summed E-state index contributed by atoms with van der Waals surface area (Å²) in [6.45, 7) is 13.0. The molecule has 2 aliphatic rings. The zero-order chi connectivity index (χ0) is 29.9. The molecular formula is C30H35ClFN7O2. The van der Waals surface area contributed by atoms with Gasteiger partial charge in [-0.25, -0.2) is 14.4 Å². The third-order valence-electron chi connectivity index (χ3n) is 7.16. The largest absolute Gasteiger partial charge is 0.359 e. The number of amidine groups is 1. The topological polar surface area (TPSA) is 94.0 Å². The van der Waals surface area contributed by atoms with Crippen LogP contribution in [0.5, 0.6) is 0 Å². The number of hydrogen-bond donors (Lipinski definition) is 1. The molecule has 2 amide bonds. The van der Waals surface area contributed by atoms with Crippen molar-refractivity contribution in [2.24, 2.45) is 4.99 Å². The molecule has 3 heterocycles. The number of piperazine rings is 1. The molecule has 4 rings (SSSR count). The molecule has 0 aliphatic carbocycles. The molecule has 1 unspecified atom stereocenters. The molecule has 1 saturated heterocycles. The molecule has 0 radical (unpaired) electrons. The highest BCUT2D eigenvalue weighted by atomic mass is 35.5. The van der Waals surface area contributed by atoms with Crippen molar-refractivity contribution in [1.82, 2.24) is 25.1 Å². The molecule has 2 atom stereocenters. The number of halogens is 2. The van der Waals surface area contributed by atoms with E-state index in [1.54, 1.807) is 42.4 Å². The van der Waals surface area contributed by atoms with Crippen molar-refractivity contribution in [3.63, 3.8) is 0 Å². The molecule has 1 N–H and O–H groups in total. The smallest absolute Gasteiger partial charge is 0.246 e. The summed E-state index contributed by atoms with van der Waals surface area (Å²) in [6.07, 6.45) is 6.74. The third kappa shape index (κ3) is 6.02. The molecule has 0 bridgehead atoms. The van der Waals surface area contributed by atoms with Gasteiger partial charge in [-0.3, -0.25) is 19.5 Å². The van der Waals surface area contributed by atoms with Crippen molar-refractivity contribution >= 4 is 35.4 Å². The van der Waals surface area contributed by atoms with Crippen LogP contribution in [-0.2, 0) is 15.0 Å². The third-order valence-corrected chi connectivity index (χ3v) is 7.49. The second-order valence-electron chi connectivity index (χ2n) is 11.0. The molecule has 1 aromatic carbocycles. The van der Waals surface area contributed by atoms with Gasteiger partial charge in [-0.1, -0.05) is 57.2 Å². The summed E-state index contributed by atoms with van der Waals surface area (Å²) < 4.78 is 15.0. The number of anilines is 1. The van der Waals surface area contributed by atoms with Crippen molar-refractivity contribution in [3.05, 3.63) is 89.0 Å². The second-order valence-corrected chi connectivity index (χ2v) is 11.4. The number of benzene rings is 1. The van der Waals surface area contributed by atoms with Crippen molar-refractivity contribution in [2.45, 2.75) is 45.2 Å². The van der Waals surface area contributed by atoms with Gasteiger partial charge in [0.2, 0.25) is 12.3 Å². The van der Waals surface area contributed by atoms with E-state index in [2.05, 4.69) is 31.8 Å². The predicted octanol–water partition coefficient (Wildman–Crippen LogP) is 4.30. The highest BCUT2D eigenvalue weighted by Crippen LogP contribution is 2.38. The Hall–Kier alpha value is -4.05. The molecule has 41 heavy (non-hydrogen) atoms. The Morgan fingerprint density at radius 2 is 2.02 bits per heavy atom. The Kier molecular flexibility index (Phi) is 8.92. The van der Waals surface area contributed by atoms with Gasteiger partial charge in [0.15, 0.2) is 0 Å². The average molecular weight is 580 g/mol. The SMILES string of the molecule is C=CC(=O)N1CCN(/C(=N/C)C2=C(N(C=O)c3cncnc3C(C)(C)C)NC(c3ccccc3F)C(Cl)=C2)[C@@H](C)C1. The lowest BCUT2D eigenvalue weighted by Crippen LogP contribution is -2.56. The van der Waals surface area contributed by atoms with E-state index in [1.165, 1.54) is 23.4 Å². The fourth-order valence-corrected chi connectivity index (χ4v) is 5.47. The number of aromatic nitrogens is 2. The standard InChI is InChI=1S/C30H35ClFN7O2/c1-7-25(41)37-12-13-38(19(2)16-37)28(33-6)21-14-22(31)26(20-10-8-9-11-23(20)32)36-29(21)39(18-40)24-15-34-17-35-27(24)30(3,4)5/h7-11,14-15,17-19,26,36H,1,12-13,16H2,2-6H3/b33-28+/t19-,26?/m0/s1. The Labute approximate surface area is 245 Å². The maximum absolute atomic E-state index is 15.0. The normalized spacial score (nSPS) is 19.9. The van der Waals surface area contributed by atoms with Gasteiger partial charge in [-0.15, -0.1) is 0 Å². The molecular weight excluding hydrogens is 545 g/mol. The monoisotopic (exact) mass is 579 g/mol. The van der Waals surface area contributed by atoms with Crippen LogP contribution in [0.3, 0.4) is 0 Å². The highest BCUT2D eigenvalue weighted by Gasteiger charge is 2.36. The first kappa shape index (κ1) is 29.9. The van der Waals surface area contributed by atoms with Crippen LogP contribution in [-0.4, -0.2) is 70.6 Å². The summed E-state index contributed by atoms with van der Waals surface area (Å²) in [4.78, 5) is 43.7. The first-order valence-electron chi connectivity index (χ1n) is 13.3. The lowest BCUT2D eigenvalue weighted by Gasteiger charge is -2.43. The lowest BCUT2D eigenvalue weighted by atomic mass is 9.90. The number of rotatable bonds is 6. The highest BCUT2D eigenvalue weighted by molar-refractivity contribution is 6.31. The van der Waals surface area contributed by atoms with Crippen molar-refractivity contribution in [1.29, 1.82) is 0 Å². The summed E-state index contributed by atoms with van der Waals surface area (Å²) >= 11 is 6.84. The fourth-order valence-electron chi connectivity index (χ4n) is 5.19. The molecule has 0 spiro atoms. The Morgan fingerprint density at radius 3 is 2.63 bits per heavy atom. The van der Waals surface area contributed by atoms with Crippen molar-refractivity contribution in [3.8, 4) is 0 Å². The van der Waals surface area contributed by atoms with Crippen LogP contribution >= 0.6 is 11.6 Å².